The van der Waals surface area contributed by atoms with Gasteiger partial charge in [0, 0.05) is 5.38 Å². The molecule has 0 aliphatic rings. The minimum absolute atomic E-state index is 0.0516. The monoisotopic (exact) mass is 425 g/mol. The summed E-state index contributed by atoms with van der Waals surface area (Å²) < 4.78 is 13.7. The lowest BCUT2D eigenvalue weighted by Gasteiger charge is -2.15. The minimum Gasteiger partial charge on any atom is -0.349 e. The smallest absolute Gasteiger partial charge is 0.260 e. The van der Waals surface area contributed by atoms with Crippen LogP contribution in [-0.4, -0.2) is 16.8 Å². The second kappa shape index (κ2) is 9.63. The van der Waals surface area contributed by atoms with Crippen molar-refractivity contribution in [3.8, 4) is 0 Å². The van der Waals surface area contributed by atoms with Gasteiger partial charge >= 0.3 is 0 Å². The zero-order valence-corrected chi connectivity index (χ0v) is 17.9. The van der Waals surface area contributed by atoms with Crippen LogP contribution in [0.3, 0.4) is 0 Å². The number of carbonyl (C=O) groups excluding carboxylic acids is 2. The van der Waals surface area contributed by atoms with Gasteiger partial charge in [-0.15, -0.1) is 11.3 Å². The number of aromatic nitrogens is 1. The highest BCUT2D eigenvalue weighted by molar-refractivity contribution is 7.14. The van der Waals surface area contributed by atoms with E-state index in [9.17, 15) is 14.0 Å². The molecule has 0 aliphatic heterocycles. The molecule has 1 unspecified atom stereocenters. The Kier molecular flexibility index (Phi) is 6.95. The number of hydrogen-bond acceptors (Lipinski definition) is 4. The Labute approximate surface area is 179 Å². The third-order valence-corrected chi connectivity index (χ3v) is 5.52. The van der Waals surface area contributed by atoms with Crippen molar-refractivity contribution < 1.29 is 14.0 Å². The molecular formula is C23H24FN3O2S. The van der Waals surface area contributed by atoms with E-state index in [4.69, 9.17) is 0 Å². The van der Waals surface area contributed by atoms with Crippen LogP contribution in [0.25, 0.3) is 0 Å². The molecule has 0 saturated heterocycles. The molecule has 0 fully saturated rings. The lowest BCUT2D eigenvalue weighted by atomic mass is 9.99. The van der Waals surface area contributed by atoms with Crippen LogP contribution in [-0.2, 0) is 11.2 Å². The fourth-order valence-corrected chi connectivity index (χ4v) is 3.67. The van der Waals surface area contributed by atoms with E-state index in [1.165, 1.54) is 35.1 Å². The molecule has 0 radical (unpaired) electrons. The van der Waals surface area contributed by atoms with E-state index in [2.05, 4.69) is 41.6 Å². The number of rotatable bonds is 7. The number of halogens is 1. The van der Waals surface area contributed by atoms with Crippen LogP contribution in [0.4, 0.5) is 9.52 Å². The van der Waals surface area contributed by atoms with Crippen LogP contribution in [0.2, 0.25) is 0 Å². The Morgan fingerprint density at radius 3 is 2.37 bits per heavy atom. The summed E-state index contributed by atoms with van der Waals surface area (Å²) in [6.07, 6.45) is 0.0977. The maximum Gasteiger partial charge on any atom is 0.260 e. The third-order valence-electron chi connectivity index (χ3n) is 4.71. The number of amides is 2. The topological polar surface area (TPSA) is 71.1 Å². The number of thiazole rings is 1. The van der Waals surface area contributed by atoms with Gasteiger partial charge in [-0.2, -0.15) is 0 Å². The van der Waals surface area contributed by atoms with Crippen molar-refractivity contribution in [2.75, 3.05) is 5.32 Å². The average Bonchev–Trinajstić information content (AvgIpc) is 3.14. The van der Waals surface area contributed by atoms with Gasteiger partial charge in [-0.05, 0) is 36.1 Å². The van der Waals surface area contributed by atoms with E-state index in [1.54, 1.807) is 11.4 Å². The van der Waals surface area contributed by atoms with Crippen LogP contribution >= 0.6 is 11.3 Å². The summed E-state index contributed by atoms with van der Waals surface area (Å²) in [5, 5.41) is 7.57. The molecule has 0 saturated carbocycles. The highest BCUT2D eigenvalue weighted by Gasteiger charge is 2.15. The summed E-state index contributed by atoms with van der Waals surface area (Å²) in [4.78, 5) is 28.8. The summed E-state index contributed by atoms with van der Waals surface area (Å²) in [7, 11) is 0. The fourth-order valence-electron chi connectivity index (χ4n) is 2.97. The lowest BCUT2D eigenvalue weighted by Crippen LogP contribution is -2.28. The van der Waals surface area contributed by atoms with E-state index in [0.29, 0.717) is 16.7 Å². The second-order valence-corrected chi connectivity index (χ2v) is 8.22. The first kappa shape index (κ1) is 21.6. The number of nitrogens with zero attached hydrogens (tertiary/aromatic N) is 1. The van der Waals surface area contributed by atoms with Gasteiger partial charge in [0.2, 0.25) is 5.91 Å². The summed E-state index contributed by atoms with van der Waals surface area (Å²) in [6, 6.07) is 13.8. The molecule has 2 N–H and O–H groups in total. The average molecular weight is 426 g/mol. The van der Waals surface area contributed by atoms with Crippen LogP contribution in [0.5, 0.6) is 0 Å². The molecule has 7 heteroatoms. The lowest BCUT2D eigenvalue weighted by molar-refractivity contribution is -0.121. The largest absolute Gasteiger partial charge is 0.349 e. The number of hydrogen-bond donors (Lipinski definition) is 2. The summed E-state index contributed by atoms with van der Waals surface area (Å²) in [5.74, 6) is -0.868. The van der Waals surface area contributed by atoms with E-state index >= 15 is 0 Å². The zero-order chi connectivity index (χ0) is 21.7. The number of nitrogens with one attached hydrogen (secondary N) is 2. The standard InChI is InChI=1S/C23H24FN3O2S/c1-14(2)16-8-10-17(11-9-16)15(3)25-21(28)12-18-13-30-23(26-18)27-22(29)19-6-4-5-7-20(19)24/h4-11,13-15H,12H2,1-3H3,(H,25,28)(H,26,27,29). The molecule has 1 atom stereocenters. The van der Waals surface area contributed by atoms with E-state index in [1.807, 2.05) is 19.1 Å². The molecule has 2 amide bonds. The molecule has 0 bridgehead atoms. The van der Waals surface area contributed by atoms with Crippen molar-refractivity contribution in [3.63, 3.8) is 0 Å². The Hall–Kier alpha value is -3.06. The van der Waals surface area contributed by atoms with Gasteiger partial charge in [0.25, 0.3) is 5.91 Å². The Morgan fingerprint density at radius 1 is 1.03 bits per heavy atom. The first-order valence-electron chi connectivity index (χ1n) is 9.73. The molecule has 1 heterocycles. The summed E-state index contributed by atoms with van der Waals surface area (Å²) in [6.45, 7) is 6.21. The maximum absolute atomic E-state index is 13.7. The predicted molar refractivity (Wildman–Crippen MR) is 117 cm³/mol. The normalized spacial score (nSPS) is 11.9. The molecule has 5 nitrogen and oxygen atoms in total. The number of carbonyl (C=O) groups is 2. The van der Waals surface area contributed by atoms with Crippen molar-refractivity contribution in [1.82, 2.24) is 10.3 Å². The molecule has 30 heavy (non-hydrogen) atoms. The van der Waals surface area contributed by atoms with Gasteiger partial charge in [-0.1, -0.05) is 50.2 Å². The molecule has 0 aliphatic carbocycles. The van der Waals surface area contributed by atoms with E-state index < -0.39 is 11.7 Å². The second-order valence-electron chi connectivity index (χ2n) is 7.37. The molecule has 1 aromatic heterocycles. The van der Waals surface area contributed by atoms with E-state index in [-0.39, 0.29) is 23.9 Å². The highest BCUT2D eigenvalue weighted by atomic mass is 32.1. The molecule has 3 rings (SSSR count). The van der Waals surface area contributed by atoms with Crippen LogP contribution in [0.1, 0.15) is 59.9 Å². The van der Waals surface area contributed by atoms with Crippen molar-refractivity contribution in [1.29, 1.82) is 0 Å². The van der Waals surface area contributed by atoms with Gasteiger partial charge < -0.3 is 5.32 Å². The van der Waals surface area contributed by atoms with Crippen LogP contribution in [0.15, 0.2) is 53.9 Å². The van der Waals surface area contributed by atoms with Crippen LogP contribution < -0.4 is 10.6 Å². The van der Waals surface area contributed by atoms with Gasteiger partial charge in [0.05, 0.1) is 23.7 Å². The molecular weight excluding hydrogens is 401 g/mol. The highest BCUT2D eigenvalue weighted by Crippen LogP contribution is 2.20. The first-order chi connectivity index (χ1) is 14.3. The third kappa shape index (κ3) is 5.51. The zero-order valence-electron chi connectivity index (χ0n) is 17.1. The Bertz CT molecular complexity index is 1030. The number of anilines is 1. The van der Waals surface area contributed by atoms with Crippen molar-refractivity contribution in [2.45, 2.75) is 39.2 Å². The molecule has 156 valence electrons. The predicted octanol–water partition coefficient (Wildman–Crippen LogP) is 5.08. The summed E-state index contributed by atoms with van der Waals surface area (Å²) in [5.41, 5.74) is 2.78. The number of benzene rings is 2. The van der Waals surface area contributed by atoms with Crippen molar-refractivity contribution >= 4 is 28.3 Å². The van der Waals surface area contributed by atoms with Gasteiger partial charge in [0.1, 0.15) is 5.82 Å². The molecule has 3 aromatic rings. The van der Waals surface area contributed by atoms with Gasteiger partial charge in [-0.25, -0.2) is 9.37 Å². The van der Waals surface area contributed by atoms with Gasteiger partial charge in [-0.3, -0.25) is 14.9 Å². The van der Waals surface area contributed by atoms with Gasteiger partial charge in [0.15, 0.2) is 5.13 Å². The maximum atomic E-state index is 13.7. The Balaban J connectivity index is 1.55. The molecule has 0 spiro atoms. The summed E-state index contributed by atoms with van der Waals surface area (Å²) >= 11 is 1.19. The van der Waals surface area contributed by atoms with Crippen molar-refractivity contribution in [2.24, 2.45) is 0 Å². The molecule has 2 aromatic carbocycles. The quantitative estimate of drug-likeness (QED) is 0.555. The first-order valence-corrected chi connectivity index (χ1v) is 10.6. The SMILES string of the molecule is CC(C)c1ccc(C(C)NC(=O)Cc2csc(NC(=O)c3ccccc3F)n2)cc1. The van der Waals surface area contributed by atoms with Crippen LogP contribution in [0, 0.1) is 5.82 Å². The minimum atomic E-state index is -0.596. The Morgan fingerprint density at radius 2 is 1.70 bits per heavy atom. The fraction of sp³-hybridized carbons (Fsp3) is 0.261. The van der Waals surface area contributed by atoms with Crippen molar-refractivity contribution in [3.05, 3.63) is 82.1 Å². The van der Waals surface area contributed by atoms with E-state index in [0.717, 1.165) is 5.56 Å².